The molecule has 2 aromatic rings. The maximum absolute atomic E-state index is 12.2. The van der Waals surface area contributed by atoms with Crippen LogP contribution in [0.4, 0.5) is 0 Å². The van der Waals surface area contributed by atoms with Crippen molar-refractivity contribution >= 4 is 41.6 Å². The summed E-state index contributed by atoms with van der Waals surface area (Å²) in [7, 11) is 2.14. The fourth-order valence-corrected chi connectivity index (χ4v) is 2.57. The molecular weight excluding hydrogens is 323 g/mol. The lowest BCUT2D eigenvalue weighted by Crippen LogP contribution is -2.45. The first kappa shape index (κ1) is 19.0. The molecule has 0 amide bonds. The Morgan fingerprint density at radius 3 is 2.50 bits per heavy atom. The van der Waals surface area contributed by atoms with E-state index >= 15 is 0 Å². The number of benzene rings is 1. The van der Waals surface area contributed by atoms with Gasteiger partial charge in [0.2, 0.25) is 0 Å². The van der Waals surface area contributed by atoms with Crippen LogP contribution in [0.15, 0.2) is 34.7 Å². The van der Waals surface area contributed by atoms with Crippen LogP contribution in [0.25, 0.3) is 11.0 Å². The number of Topliss-reactive ketones (excluding diaryl/α,β-unsaturated/α-hetero) is 1. The number of rotatable bonds is 4. The highest BCUT2D eigenvalue weighted by molar-refractivity contribution is 5.97. The Bertz CT molecular complexity index is 574. The summed E-state index contributed by atoms with van der Waals surface area (Å²) in [6.07, 6.45) is 0.531. The molecule has 0 radical (unpaired) electrons. The molecule has 2 heterocycles. The smallest absolute Gasteiger partial charge is 0.199 e. The van der Waals surface area contributed by atoms with Crippen molar-refractivity contribution in [2.45, 2.75) is 6.42 Å². The van der Waals surface area contributed by atoms with Gasteiger partial charge in [0.05, 0.1) is 0 Å². The summed E-state index contributed by atoms with van der Waals surface area (Å²) in [6.45, 7) is 5.08. The number of piperazine rings is 1. The summed E-state index contributed by atoms with van der Waals surface area (Å²) >= 11 is 0. The number of fused-ring (bicyclic) bond motifs is 1. The minimum atomic E-state index is 0. The number of hydrogen-bond donors (Lipinski definition) is 0. The maximum Gasteiger partial charge on any atom is 0.199 e. The first-order valence-corrected chi connectivity index (χ1v) is 7.15. The zero-order valence-electron chi connectivity index (χ0n) is 12.7. The van der Waals surface area contributed by atoms with Gasteiger partial charge in [-0.25, -0.2) is 0 Å². The van der Waals surface area contributed by atoms with Gasteiger partial charge in [-0.05, 0) is 19.2 Å². The fraction of sp³-hybridized carbons (Fsp3) is 0.438. The van der Waals surface area contributed by atoms with E-state index in [0.29, 0.717) is 12.2 Å². The van der Waals surface area contributed by atoms with Gasteiger partial charge in [0.25, 0.3) is 0 Å². The van der Waals surface area contributed by atoms with Crippen LogP contribution in [0.1, 0.15) is 17.0 Å². The number of furan rings is 1. The van der Waals surface area contributed by atoms with Gasteiger partial charge in [-0.15, -0.1) is 24.8 Å². The van der Waals surface area contributed by atoms with Crippen molar-refractivity contribution in [3.8, 4) is 0 Å². The summed E-state index contributed by atoms with van der Waals surface area (Å²) in [5.41, 5.74) is 0.787. The number of carbonyl (C=O) groups excluding carboxylic acids is 1. The summed E-state index contributed by atoms with van der Waals surface area (Å²) in [6, 6.07) is 9.59. The molecule has 3 rings (SSSR count). The molecule has 22 heavy (non-hydrogen) atoms. The Kier molecular flexibility index (Phi) is 7.36. The average molecular weight is 345 g/mol. The molecule has 0 unspecified atom stereocenters. The zero-order chi connectivity index (χ0) is 13.9. The Balaban J connectivity index is 0.00000121. The molecular formula is C16H22Cl2N2O2. The molecule has 1 aliphatic heterocycles. The van der Waals surface area contributed by atoms with Gasteiger partial charge in [0.15, 0.2) is 11.5 Å². The third-order valence-corrected chi connectivity index (χ3v) is 3.95. The normalized spacial score (nSPS) is 16.0. The second-order valence-corrected chi connectivity index (χ2v) is 5.47. The minimum absolute atomic E-state index is 0. The molecule has 1 aliphatic rings. The number of nitrogens with zero attached hydrogens (tertiary/aromatic N) is 2. The highest BCUT2D eigenvalue weighted by Crippen LogP contribution is 2.20. The van der Waals surface area contributed by atoms with Crippen LogP contribution in [0, 0.1) is 0 Å². The molecule has 1 saturated heterocycles. The molecule has 0 saturated carbocycles. The van der Waals surface area contributed by atoms with Gasteiger partial charge >= 0.3 is 0 Å². The Hall–Kier alpha value is -1.07. The Morgan fingerprint density at radius 2 is 1.82 bits per heavy atom. The molecule has 0 bridgehead atoms. The second-order valence-electron chi connectivity index (χ2n) is 5.47. The van der Waals surface area contributed by atoms with Gasteiger partial charge in [-0.1, -0.05) is 18.2 Å². The van der Waals surface area contributed by atoms with Crippen molar-refractivity contribution in [2.75, 3.05) is 39.8 Å². The maximum atomic E-state index is 12.2. The second kappa shape index (κ2) is 8.53. The molecule has 6 heteroatoms. The molecule has 0 atom stereocenters. The highest BCUT2D eigenvalue weighted by Gasteiger charge is 2.17. The SMILES string of the molecule is CN1CCN(CCC(=O)c2cc3ccccc3o2)CC1.Cl.Cl. The number of hydrogen-bond acceptors (Lipinski definition) is 4. The number of carbonyl (C=O) groups is 1. The summed E-state index contributed by atoms with van der Waals surface area (Å²) in [4.78, 5) is 16.9. The van der Waals surface area contributed by atoms with Crippen LogP contribution >= 0.6 is 24.8 Å². The van der Waals surface area contributed by atoms with Gasteiger partial charge in [0, 0.05) is 44.5 Å². The summed E-state index contributed by atoms with van der Waals surface area (Å²) in [5.74, 6) is 0.584. The molecule has 1 aromatic heterocycles. The monoisotopic (exact) mass is 344 g/mol. The molecule has 1 fully saturated rings. The first-order valence-electron chi connectivity index (χ1n) is 7.15. The van der Waals surface area contributed by atoms with Gasteiger partial charge in [-0.3, -0.25) is 4.79 Å². The third-order valence-electron chi connectivity index (χ3n) is 3.95. The van der Waals surface area contributed by atoms with E-state index in [1.165, 1.54) is 0 Å². The van der Waals surface area contributed by atoms with Crippen molar-refractivity contribution in [3.63, 3.8) is 0 Å². The lowest BCUT2D eigenvalue weighted by Gasteiger charge is -2.32. The van der Waals surface area contributed by atoms with Crippen LogP contribution in [-0.4, -0.2) is 55.4 Å². The van der Waals surface area contributed by atoms with Crippen molar-refractivity contribution in [1.82, 2.24) is 9.80 Å². The number of likely N-dealkylation sites (N-methyl/N-ethyl adjacent to an activating group) is 1. The molecule has 122 valence electrons. The van der Waals surface area contributed by atoms with Crippen molar-refractivity contribution < 1.29 is 9.21 Å². The van der Waals surface area contributed by atoms with E-state index in [1.807, 2.05) is 30.3 Å². The van der Waals surface area contributed by atoms with Crippen LogP contribution in [0.5, 0.6) is 0 Å². The fourth-order valence-electron chi connectivity index (χ4n) is 2.57. The first-order chi connectivity index (χ1) is 9.72. The van der Waals surface area contributed by atoms with Crippen LogP contribution in [-0.2, 0) is 0 Å². The third kappa shape index (κ3) is 4.46. The zero-order valence-corrected chi connectivity index (χ0v) is 14.3. The van der Waals surface area contributed by atoms with E-state index in [4.69, 9.17) is 4.42 Å². The Morgan fingerprint density at radius 1 is 1.14 bits per heavy atom. The number of halogens is 2. The topological polar surface area (TPSA) is 36.7 Å². The van der Waals surface area contributed by atoms with Crippen molar-refractivity contribution in [1.29, 1.82) is 0 Å². The lowest BCUT2D eigenvalue weighted by atomic mass is 10.2. The predicted molar refractivity (Wildman–Crippen MR) is 93.6 cm³/mol. The van der Waals surface area contributed by atoms with E-state index in [2.05, 4.69) is 16.8 Å². The van der Waals surface area contributed by atoms with Gasteiger partial charge in [-0.2, -0.15) is 0 Å². The van der Waals surface area contributed by atoms with E-state index in [1.54, 1.807) is 0 Å². The standard InChI is InChI=1S/C16H20N2O2.2ClH/c1-17-8-10-18(11-9-17)7-6-14(19)16-12-13-4-2-3-5-15(13)20-16;;/h2-5,12H,6-11H2,1H3;2*1H. The van der Waals surface area contributed by atoms with Crippen LogP contribution in [0.2, 0.25) is 0 Å². The molecule has 0 spiro atoms. The largest absolute Gasteiger partial charge is 0.453 e. The van der Waals surface area contributed by atoms with Crippen molar-refractivity contribution in [2.24, 2.45) is 0 Å². The summed E-state index contributed by atoms with van der Waals surface area (Å²) < 4.78 is 5.61. The summed E-state index contributed by atoms with van der Waals surface area (Å²) in [5, 5.41) is 0.996. The predicted octanol–water partition coefficient (Wildman–Crippen LogP) is 3.10. The average Bonchev–Trinajstić information content (AvgIpc) is 2.90. The van der Waals surface area contributed by atoms with E-state index in [-0.39, 0.29) is 30.6 Å². The van der Waals surface area contributed by atoms with Gasteiger partial charge < -0.3 is 14.2 Å². The number of ketones is 1. The van der Waals surface area contributed by atoms with Crippen LogP contribution in [0.3, 0.4) is 0 Å². The number of para-hydroxylation sites is 1. The van der Waals surface area contributed by atoms with Crippen molar-refractivity contribution in [3.05, 3.63) is 36.1 Å². The lowest BCUT2D eigenvalue weighted by molar-refractivity contribution is 0.0917. The van der Waals surface area contributed by atoms with Crippen LogP contribution < -0.4 is 0 Å². The minimum Gasteiger partial charge on any atom is -0.453 e. The van der Waals surface area contributed by atoms with E-state index < -0.39 is 0 Å². The molecule has 0 N–H and O–H groups in total. The molecule has 0 aliphatic carbocycles. The molecule has 4 nitrogen and oxygen atoms in total. The quantitative estimate of drug-likeness (QED) is 0.798. The van der Waals surface area contributed by atoms with Gasteiger partial charge in [0.1, 0.15) is 5.58 Å². The Labute approximate surface area is 143 Å². The van der Waals surface area contributed by atoms with E-state index in [9.17, 15) is 4.79 Å². The molecule has 1 aromatic carbocycles. The highest BCUT2D eigenvalue weighted by atomic mass is 35.5. The van der Waals surface area contributed by atoms with E-state index in [0.717, 1.165) is 43.7 Å².